The van der Waals surface area contributed by atoms with E-state index in [9.17, 15) is 19.8 Å². The second-order valence-electron chi connectivity index (χ2n) is 15.5. The first-order valence-corrected chi connectivity index (χ1v) is 14.2. The number of phenols is 2. The predicted molar refractivity (Wildman–Crippen MR) is 163 cm³/mol. The number of rotatable bonds is 6. The molecule has 2 rings (SSSR count). The number of imide groups is 1. The van der Waals surface area contributed by atoms with E-state index in [-0.39, 0.29) is 57.8 Å². The summed E-state index contributed by atoms with van der Waals surface area (Å²) in [6, 6.07) is 11.0. The van der Waals surface area contributed by atoms with E-state index in [0.29, 0.717) is 0 Å². The van der Waals surface area contributed by atoms with Gasteiger partial charge in [-0.15, -0.1) is 0 Å². The van der Waals surface area contributed by atoms with Crippen LogP contribution >= 0.6 is 0 Å². The second kappa shape index (κ2) is 11.6. The summed E-state index contributed by atoms with van der Waals surface area (Å²) >= 11 is 0. The van der Waals surface area contributed by atoms with E-state index < -0.39 is 11.8 Å². The number of aromatic hydroxyl groups is 2. The normalized spacial score (nSPS) is 14.5. The zero-order valence-electron chi connectivity index (χ0n) is 26.8. The lowest BCUT2D eigenvalue weighted by molar-refractivity contribution is -0.146. The first kappa shape index (κ1) is 33.3. The van der Waals surface area contributed by atoms with E-state index in [1.54, 1.807) is 12.1 Å². The number of amides is 2. The van der Waals surface area contributed by atoms with E-state index in [4.69, 9.17) is 5.84 Å². The molecule has 40 heavy (non-hydrogen) atoms. The number of carbonyl (C=O) groups is 2. The summed E-state index contributed by atoms with van der Waals surface area (Å²) in [5.41, 5.74) is 2.33. The van der Waals surface area contributed by atoms with Crippen LogP contribution in [0.15, 0.2) is 36.4 Å². The zero-order chi connectivity index (χ0) is 31.0. The Morgan fingerprint density at radius 2 is 0.950 bits per heavy atom. The lowest BCUT2D eigenvalue weighted by atomic mass is 9.72. The summed E-state index contributed by atoms with van der Waals surface area (Å²) in [5.74, 6) is 5.33. The highest BCUT2D eigenvalue weighted by molar-refractivity contribution is 5.95. The molecule has 6 heteroatoms. The summed E-state index contributed by atoms with van der Waals surface area (Å²) in [5, 5.41) is 21.7. The number of hydrogen-bond acceptors (Lipinski definition) is 5. The minimum absolute atomic E-state index is 0.0632. The summed E-state index contributed by atoms with van der Waals surface area (Å²) in [6.45, 7) is 24.6. The maximum Gasteiger partial charge on any atom is 0.244 e. The van der Waals surface area contributed by atoms with Gasteiger partial charge in [0.1, 0.15) is 11.5 Å². The van der Waals surface area contributed by atoms with Gasteiger partial charge in [-0.25, -0.2) is 10.9 Å². The van der Waals surface area contributed by atoms with Crippen LogP contribution in [-0.2, 0) is 20.4 Å². The van der Waals surface area contributed by atoms with Crippen LogP contribution in [0.2, 0.25) is 0 Å². The molecule has 0 aliphatic carbocycles. The van der Waals surface area contributed by atoms with Crippen molar-refractivity contribution in [2.45, 2.75) is 119 Å². The third-order valence-corrected chi connectivity index (χ3v) is 7.85. The largest absolute Gasteiger partial charge is 0.508 e. The van der Waals surface area contributed by atoms with Crippen molar-refractivity contribution in [2.24, 2.45) is 16.7 Å². The lowest BCUT2D eigenvalue weighted by Crippen LogP contribution is -2.45. The van der Waals surface area contributed by atoms with Crippen LogP contribution in [-0.4, -0.2) is 27.0 Å². The van der Waals surface area contributed by atoms with Crippen LogP contribution in [0.25, 0.3) is 0 Å². The Bertz CT molecular complexity index is 1120. The molecule has 0 spiro atoms. The van der Waals surface area contributed by atoms with Gasteiger partial charge in [0.15, 0.2) is 0 Å². The standard InChI is InChI=1S/C34H52N2O4/c1-31(2,3)23(21-13-15-27(37)25(17-21)33(7,8)9)19-29(39)36(35)30(40)20-24(32(4,5)6)22-14-16-28(38)26(18-22)34(10,11)12/h13-18,23-24,37-38H,19-20,35H2,1-12H3. The molecule has 0 aliphatic heterocycles. The highest BCUT2D eigenvalue weighted by Gasteiger charge is 2.35. The minimum Gasteiger partial charge on any atom is -0.508 e. The summed E-state index contributed by atoms with van der Waals surface area (Å²) in [7, 11) is 0. The molecule has 2 atom stereocenters. The molecule has 2 aromatic rings. The Balaban J connectivity index is 2.36. The lowest BCUT2D eigenvalue weighted by Gasteiger charge is -2.34. The van der Waals surface area contributed by atoms with Crippen molar-refractivity contribution in [3.63, 3.8) is 0 Å². The first-order chi connectivity index (χ1) is 17.9. The second-order valence-corrected chi connectivity index (χ2v) is 15.5. The fourth-order valence-electron chi connectivity index (χ4n) is 5.28. The highest BCUT2D eigenvalue weighted by atomic mass is 16.3. The fraction of sp³-hybridized carbons (Fsp3) is 0.588. The number of nitrogens with two attached hydrogens (primary N) is 1. The average molecular weight is 553 g/mol. The molecule has 4 N–H and O–H groups in total. The SMILES string of the molecule is CC(C)(C)c1cc(C(CC(=O)N(N)C(=O)CC(c2ccc(O)c(C(C)(C)C)c2)C(C)(C)C)C(C)(C)C)ccc1O. The molecule has 0 heterocycles. The number of nitrogens with zero attached hydrogens (tertiary/aromatic N) is 1. The fourth-order valence-corrected chi connectivity index (χ4v) is 5.28. The minimum atomic E-state index is -0.441. The maximum atomic E-state index is 13.5. The zero-order valence-corrected chi connectivity index (χ0v) is 26.8. The molecular weight excluding hydrogens is 500 g/mol. The Hall–Kier alpha value is -2.86. The van der Waals surface area contributed by atoms with Crippen LogP contribution in [0.3, 0.4) is 0 Å². The van der Waals surface area contributed by atoms with E-state index in [1.165, 1.54) is 0 Å². The van der Waals surface area contributed by atoms with Crippen LogP contribution in [0.1, 0.15) is 130 Å². The van der Waals surface area contributed by atoms with Crippen molar-refractivity contribution >= 4 is 11.8 Å². The molecule has 0 saturated carbocycles. The van der Waals surface area contributed by atoms with E-state index in [2.05, 4.69) is 41.5 Å². The van der Waals surface area contributed by atoms with Crippen LogP contribution in [0.4, 0.5) is 0 Å². The molecule has 0 bridgehead atoms. The van der Waals surface area contributed by atoms with Crippen molar-refractivity contribution in [3.05, 3.63) is 58.7 Å². The topological polar surface area (TPSA) is 104 Å². The molecule has 2 unspecified atom stereocenters. The molecule has 0 radical (unpaired) electrons. The predicted octanol–water partition coefficient (Wildman–Crippen LogP) is 7.66. The van der Waals surface area contributed by atoms with Gasteiger partial charge in [-0.1, -0.05) is 107 Å². The Labute approximate surface area is 241 Å². The first-order valence-electron chi connectivity index (χ1n) is 14.2. The van der Waals surface area contributed by atoms with Crippen LogP contribution in [0.5, 0.6) is 11.5 Å². The molecule has 6 nitrogen and oxygen atoms in total. The van der Waals surface area contributed by atoms with E-state index >= 15 is 0 Å². The maximum absolute atomic E-state index is 13.5. The molecule has 0 aromatic heterocycles. The number of benzene rings is 2. The van der Waals surface area contributed by atoms with Crippen LogP contribution in [0, 0.1) is 10.8 Å². The van der Waals surface area contributed by atoms with Gasteiger partial charge in [0.2, 0.25) is 11.8 Å². The Kier molecular flexibility index (Phi) is 9.63. The molecule has 2 aromatic carbocycles. The quantitative estimate of drug-likeness (QED) is 0.194. The number of carbonyl (C=O) groups excluding carboxylic acids is 2. The third kappa shape index (κ3) is 8.09. The third-order valence-electron chi connectivity index (χ3n) is 7.85. The van der Waals surface area contributed by atoms with E-state index in [1.807, 2.05) is 65.8 Å². The van der Waals surface area contributed by atoms with Gasteiger partial charge in [-0.3, -0.25) is 9.59 Å². The number of hydrogen-bond donors (Lipinski definition) is 3. The highest BCUT2D eigenvalue weighted by Crippen LogP contribution is 2.43. The molecule has 0 aliphatic rings. The van der Waals surface area contributed by atoms with Gasteiger partial charge in [0, 0.05) is 12.8 Å². The van der Waals surface area contributed by atoms with Crippen molar-refractivity contribution in [3.8, 4) is 11.5 Å². The van der Waals surface area contributed by atoms with Crippen LogP contribution < -0.4 is 5.84 Å². The van der Waals surface area contributed by atoms with Gasteiger partial charge in [-0.05, 0) is 67.9 Å². The Morgan fingerprint density at radius 1 is 0.650 bits per heavy atom. The van der Waals surface area contributed by atoms with Gasteiger partial charge in [0.05, 0.1) is 0 Å². The summed E-state index contributed by atoms with van der Waals surface area (Å²) in [6.07, 6.45) is 0.126. The molecule has 222 valence electrons. The smallest absolute Gasteiger partial charge is 0.244 e. The summed E-state index contributed by atoms with van der Waals surface area (Å²) < 4.78 is 0. The monoisotopic (exact) mass is 552 g/mol. The summed E-state index contributed by atoms with van der Waals surface area (Å²) in [4.78, 5) is 26.9. The molecular formula is C34H52N2O4. The van der Waals surface area contributed by atoms with Crippen molar-refractivity contribution < 1.29 is 19.8 Å². The van der Waals surface area contributed by atoms with Crippen molar-refractivity contribution in [2.75, 3.05) is 0 Å². The van der Waals surface area contributed by atoms with Gasteiger partial charge < -0.3 is 10.2 Å². The van der Waals surface area contributed by atoms with Gasteiger partial charge in [-0.2, -0.15) is 0 Å². The van der Waals surface area contributed by atoms with Gasteiger partial charge >= 0.3 is 0 Å². The van der Waals surface area contributed by atoms with E-state index in [0.717, 1.165) is 27.3 Å². The Morgan fingerprint density at radius 3 is 1.20 bits per heavy atom. The van der Waals surface area contributed by atoms with Crippen molar-refractivity contribution in [1.82, 2.24) is 5.01 Å². The number of phenolic OH excluding ortho intramolecular Hbond substituents is 2. The van der Waals surface area contributed by atoms with Crippen molar-refractivity contribution in [1.29, 1.82) is 0 Å². The molecule has 2 amide bonds. The average Bonchev–Trinajstić information content (AvgIpc) is 2.78. The number of hydrazine groups is 1. The molecule has 0 saturated heterocycles. The van der Waals surface area contributed by atoms with Gasteiger partial charge in [0.25, 0.3) is 0 Å². The molecule has 0 fully saturated rings.